The summed E-state index contributed by atoms with van der Waals surface area (Å²) in [4.78, 5) is 6.01. The van der Waals surface area contributed by atoms with Crippen LogP contribution in [0.3, 0.4) is 0 Å². The second-order valence-electron chi connectivity index (χ2n) is 2.48. The lowest BCUT2D eigenvalue weighted by atomic mass is 10.4. The van der Waals surface area contributed by atoms with Crippen molar-refractivity contribution in [2.24, 2.45) is 5.90 Å². The Labute approximate surface area is 60.8 Å². The van der Waals surface area contributed by atoms with Gasteiger partial charge < -0.3 is 9.64 Å². The number of hydrogen-bond acceptors (Lipinski definition) is 3. The third-order valence-electron chi connectivity index (χ3n) is 1.77. The zero-order valence-electron chi connectivity index (χ0n) is 6.14. The summed E-state index contributed by atoms with van der Waals surface area (Å²) in [7, 11) is 0. The molecule has 0 saturated carbocycles. The minimum absolute atomic E-state index is 0.648. The van der Waals surface area contributed by atoms with E-state index in [1.54, 1.807) is 0 Å². The molecule has 0 aromatic carbocycles. The van der Waals surface area contributed by atoms with Crippen molar-refractivity contribution >= 4 is 0 Å². The van der Waals surface area contributed by atoms with Gasteiger partial charge in [-0.2, -0.15) is 0 Å². The van der Waals surface area contributed by atoms with Crippen molar-refractivity contribution < 1.29 is 14.5 Å². The number of nitrogens with two attached hydrogens (primary N) is 1. The molecule has 1 fully saturated rings. The summed E-state index contributed by atoms with van der Waals surface area (Å²) >= 11 is 0. The largest absolute Gasteiger partial charge is 0.370 e. The fourth-order valence-corrected chi connectivity index (χ4v) is 1.11. The van der Waals surface area contributed by atoms with Crippen LogP contribution in [0.1, 0.15) is 0 Å². The SMILES string of the molecule is NOCC[NH+]1CCOCC1. The Morgan fingerprint density at radius 2 is 2.10 bits per heavy atom. The molecule has 0 aromatic heterocycles. The molecule has 0 aliphatic carbocycles. The molecule has 0 amide bonds. The van der Waals surface area contributed by atoms with Crippen LogP contribution < -0.4 is 10.8 Å². The van der Waals surface area contributed by atoms with E-state index < -0.39 is 0 Å². The molecule has 0 atom stereocenters. The van der Waals surface area contributed by atoms with Gasteiger partial charge in [0.25, 0.3) is 0 Å². The number of quaternary nitrogens is 1. The number of ether oxygens (including phenoxy) is 1. The van der Waals surface area contributed by atoms with E-state index in [0.717, 1.165) is 32.8 Å². The third-order valence-corrected chi connectivity index (χ3v) is 1.77. The highest BCUT2D eigenvalue weighted by Crippen LogP contribution is 1.74. The van der Waals surface area contributed by atoms with Crippen LogP contribution in [0.15, 0.2) is 0 Å². The Hall–Kier alpha value is -0.160. The minimum Gasteiger partial charge on any atom is -0.370 e. The monoisotopic (exact) mass is 147 g/mol. The molecule has 0 unspecified atom stereocenters. The summed E-state index contributed by atoms with van der Waals surface area (Å²) in [5.41, 5.74) is 0. The van der Waals surface area contributed by atoms with Crippen LogP contribution in [0.2, 0.25) is 0 Å². The fraction of sp³-hybridized carbons (Fsp3) is 1.00. The van der Waals surface area contributed by atoms with Gasteiger partial charge in [0.2, 0.25) is 0 Å². The number of rotatable bonds is 3. The standard InChI is InChI=1S/C6H14N2O2/c7-10-6-3-8-1-4-9-5-2-8/h1-7H2/p+1. The maximum absolute atomic E-state index is 5.19. The highest BCUT2D eigenvalue weighted by molar-refractivity contribution is 4.38. The molecule has 3 N–H and O–H groups in total. The Kier molecular flexibility index (Phi) is 3.67. The lowest BCUT2D eigenvalue weighted by molar-refractivity contribution is -0.908. The fourth-order valence-electron chi connectivity index (χ4n) is 1.11. The van der Waals surface area contributed by atoms with Crippen molar-refractivity contribution in [1.29, 1.82) is 0 Å². The molecule has 60 valence electrons. The van der Waals surface area contributed by atoms with Crippen molar-refractivity contribution in [3.8, 4) is 0 Å². The predicted octanol–water partition coefficient (Wildman–Crippen LogP) is -2.21. The first kappa shape index (κ1) is 7.94. The Bertz CT molecular complexity index is 83.8. The topological polar surface area (TPSA) is 48.9 Å². The maximum Gasteiger partial charge on any atom is 0.117 e. The highest BCUT2D eigenvalue weighted by atomic mass is 16.6. The van der Waals surface area contributed by atoms with Gasteiger partial charge in [-0.1, -0.05) is 0 Å². The Morgan fingerprint density at radius 3 is 2.70 bits per heavy atom. The minimum atomic E-state index is 0.648. The molecule has 1 aliphatic heterocycles. The Balaban J connectivity index is 2.02. The number of nitrogens with one attached hydrogen (secondary N) is 1. The van der Waals surface area contributed by atoms with Gasteiger partial charge in [-0.05, 0) is 0 Å². The van der Waals surface area contributed by atoms with Gasteiger partial charge in [0.15, 0.2) is 0 Å². The van der Waals surface area contributed by atoms with E-state index >= 15 is 0 Å². The molecule has 0 aromatic rings. The van der Waals surface area contributed by atoms with Crippen molar-refractivity contribution in [3.05, 3.63) is 0 Å². The van der Waals surface area contributed by atoms with Crippen molar-refractivity contribution in [3.63, 3.8) is 0 Å². The summed E-state index contributed by atoms with van der Waals surface area (Å²) in [6.45, 7) is 5.57. The van der Waals surface area contributed by atoms with Crippen LogP contribution in [0.5, 0.6) is 0 Å². The van der Waals surface area contributed by atoms with E-state index in [1.807, 2.05) is 0 Å². The van der Waals surface area contributed by atoms with E-state index in [1.165, 1.54) is 4.90 Å². The molecule has 1 saturated heterocycles. The number of hydrogen-bond donors (Lipinski definition) is 2. The summed E-state index contributed by atoms with van der Waals surface area (Å²) in [6.07, 6.45) is 0. The van der Waals surface area contributed by atoms with Crippen LogP contribution in [0, 0.1) is 0 Å². The van der Waals surface area contributed by atoms with Gasteiger partial charge in [0.05, 0.1) is 13.2 Å². The zero-order chi connectivity index (χ0) is 7.23. The van der Waals surface area contributed by atoms with Gasteiger partial charge in [-0.25, -0.2) is 5.90 Å². The van der Waals surface area contributed by atoms with Gasteiger partial charge in [-0.3, -0.25) is 4.84 Å². The normalized spacial score (nSPS) is 21.3. The molecule has 1 rings (SSSR count). The first-order valence-electron chi connectivity index (χ1n) is 3.66. The van der Waals surface area contributed by atoms with Crippen molar-refractivity contribution in [2.75, 3.05) is 39.5 Å². The van der Waals surface area contributed by atoms with E-state index in [4.69, 9.17) is 10.6 Å². The molecular weight excluding hydrogens is 132 g/mol. The maximum atomic E-state index is 5.19. The van der Waals surface area contributed by atoms with E-state index in [2.05, 4.69) is 4.84 Å². The van der Waals surface area contributed by atoms with Crippen LogP contribution >= 0.6 is 0 Å². The summed E-state index contributed by atoms with van der Waals surface area (Å²) in [5, 5.41) is 0. The summed E-state index contributed by atoms with van der Waals surface area (Å²) < 4.78 is 5.19. The van der Waals surface area contributed by atoms with Crippen LogP contribution in [0.25, 0.3) is 0 Å². The van der Waals surface area contributed by atoms with Crippen LogP contribution in [-0.4, -0.2) is 39.5 Å². The molecule has 10 heavy (non-hydrogen) atoms. The molecular formula is C6H15N2O2+. The highest BCUT2D eigenvalue weighted by Gasteiger charge is 2.12. The smallest absolute Gasteiger partial charge is 0.117 e. The predicted molar refractivity (Wildman–Crippen MR) is 36.5 cm³/mol. The molecule has 0 radical (unpaired) electrons. The van der Waals surface area contributed by atoms with Crippen LogP contribution in [0.4, 0.5) is 0 Å². The number of morpholine rings is 1. The molecule has 0 bridgehead atoms. The van der Waals surface area contributed by atoms with Gasteiger partial charge in [0.1, 0.15) is 26.2 Å². The molecule has 4 nitrogen and oxygen atoms in total. The lowest BCUT2D eigenvalue weighted by Crippen LogP contribution is -3.14. The molecule has 1 heterocycles. The first-order valence-corrected chi connectivity index (χ1v) is 3.66. The first-order chi connectivity index (χ1) is 4.93. The average Bonchev–Trinajstić information content (AvgIpc) is 2.03. The zero-order valence-corrected chi connectivity index (χ0v) is 6.14. The van der Waals surface area contributed by atoms with Gasteiger partial charge in [0, 0.05) is 0 Å². The van der Waals surface area contributed by atoms with Gasteiger partial charge in [-0.15, -0.1) is 0 Å². The summed E-state index contributed by atoms with van der Waals surface area (Å²) in [5.74, 6) is 4.90. The second-order valence-corrected chi connectivity index (χ2v) is 2.48. The molecule has 0 spiro atoms. The third kappa shape index (κ3) is 2.62. The van der Waals surface area contributed by atoms with Crippen molar-refractivity contribution in [2.45, 2.75) is 0 Å². The molecule has 1 aliphatic rings. The summed E-state index contributed by atoms with van der Waals surface area (Å²) in [6, 6.07) is 0. The van der Waals surface area contributed by atoms with Crippen LogP contribution in [-0.2, 0) is 9.57 Å². The molecule has 4 heteroatoms. The lowest BCUT2D eigenvalue weighted by Gasteiger charge is -2.22. The second kappa shape index (κ2) is 4.62. The average molecular weight is 147 g/mol. The van der Waals surface area contributed by atoms with Crippen molar-refractivity contribution in [1.82, 2.24) is 0 Å². The van der Waals surface area contributed by atoms with E-state index in [9.17, 15) is 0 Å². The Morgan fingerprint density at radius 1 is 1.40 bits per heavy atom. The quantitative estimate of drug-likeness (QED) is 0.445. The van der Waals surface area contributed by atoms with E-state index in [0.29, 0.717) is 6.61 Å². The van der Waals surface area contributed by atoms with E-state index in [-0.39, 0.29) is 0 Å². The van der Waals surface area contributed by atoms with Gasteiger partial charge >= 0.3 is 0 Å².